The average Bonchev–Trinajstić information content (AvgIpc) is 2.75. The van der Waals surface area contributed by atoms with E-state index < -0.39 is 5.82 Å². The zero-order valence-electron chi connectivity index (χ0n) is 9.61. The highest BCUT2D eigenvalue weighted by atomic mass is 32.1. The van der Waals surface area contributed by atoms with Gasteiger partial charge in [-0.05, 0) is 25.1 Å². The molecular formula is C12H11FN2O2S. The minimum atomic E-state index is -0.456. The molecule has 18 heavy (non-hydrogen) atoms. The van der Waals surface area contributed by atoms with Crippen LogP contribution in [-0.4, -0.2) is 11.1 Å². The lowest BCUT2D eigenvalue weighted by Crippen LogP contribution is -2.23. The molecule has 0 bridgehead atoms. The Morgan fingerprint density at radius 3 is 2.89 bits per heavy atom. The fraction of sp³-hybridized carbons (Fsp3) is 0.167. The highest BCUT2D eigenvalue weighted by Gasteiger charge is 2.09. The summed E-state index contributed by atoms with van der Waals surface area (Å²) in [6.07, 6.45) is 0. The van der Waals surface area contributed by atoms with Crippen LogP contribution in [0.1, 0.15) is 21.8 Å². The third-order valence-electron chi connectivity index (χ3n) is 2.32. The summed E-state index contributed by atoms with van der Waals surface area (Å²) in [6, 6.07) is 5.72. The van der Waals surface area contributed by atoms with Gasteiger partial charge < -0.3 is 9.84 Å². The SMILES string of the molecule is Cc1cc(CNC(=O)c2ccc(F)c(S)c2)no1. The lowest BCUT2D eigenvalue weighted by molar-refractivity contribution is 0.0950. The molecule has 0 aliphatic carbocycles. The van der Waals surface area contributed by atoms with Crippen molar-refractivity contribution in [3.63, 3.8) is 0 Å². The number of amides is 1. The number of aromatic nitrogens is 1. The number of aryl methyl sites for hydroxylation is 1. The lowest BCUT2D eigenvalue weighted by atomic mass is 10.2. The second-order valence-electron chi connectivity index (χ2n) is 3.78. The molecule has 0 aliphatic rings. The molecule has 1 aromatic carbocycles. The quantitative estimate of drug-likeness (QED) is 0.838. The molecule has 0 radical (unpaired) electrons. The largest absolute Gasteiger partial charge is 0.361 e. The number of carbonyl (C=O) groups is 1. The van der Waals surface area contributed by atoms with Gasteiger partial charge in [0.2, 0.25) is 0 Å². The molecule has 6 heteroatoms. The van der Waals surface area contributed by atoms with Crippen LogP contribution in [0, 0.1) is 12.7 Å². The van der Waals surface area contributed by atoms with Crippen LogP contribution in [0.5, 0.6) is 0 Å². The maximum Gasteiger partial charge on any atom is 0.251 e. The van der Waals surface area contributed by atoms with E-state index in [1.165, 1.54) is 18.2 Å². The number of carbonyl (C=O) groups excluding carboxylic acids is 1. The molecule has 1 heterocycles. The number of rotatable bonds is 3. The van der Waals surface area contributed by atoms with E-state index in [9.17, 15) is 9.18 Å². The maximum atomic E-state index is 13.0. The van der Waals surface area contributed by atoms with E-state index in [4.69, 9.17) is 4.52 Å². The van der Waals surface area contributed by atoms with Crippen molar-refractivity contribution in [2.75, 3.05) is 0 Å². The van der Waals surface area contributed by atoms with Crippen LogP contribution in [0.4, 0.5) is 4.39 Å². The number of benzene rings is 1. The number of nitrogens with one attached hydrogen (secondary N) is 1. The second kappa shape index (κ2) is 5.22. The Balaban J connectivity index is 2.01. The van der Waals surface area contributed by atoms with Crippen LogP contribution in [0.3, 0.4) is 0 Å². The van der Waals surface area contributed by atoms with Gasteiger partial charge in [0.25, 0.3) is 5.91 Å². The zero-order valence-corrected chi connectivity index (χ0v) is 10.5. The van der Waals surface area contributed by atoms with Gasteiger partial charge >= 0.3 is 0 Å². The predicted octanol–water partition coefficient (Wildman–Crippen LogP) is 2.34. The molecule has 2 aromatic rings. The van der Waals surface area contributed by atoms with E-state index in [2.05, 4.69) is 23.1 Å². The zero-order chi connectivity index (χ0) is 13.1. The molecule has 94 valence electrons. The van der Waals surface area contributed by atoms with Crippen LogP contribution < -0.4 is 5.32 Å². The fourth-order valence-electron chi connectivity index (χ4n) is 1.43. The summed E-state index contributed by atoms with van der Waals surface area (Å²) >= 11 is 3.92. The van der Waals surface area contributed by atoms with E-state index in [1.807, 2.05) is 0 Å². The first-order valence-corrected chi connectivity index (χ1v) is 5.70. The van der Waals surface area contributed by atoms with Crippen LogP contribution in [0.15, 0.2) is 33.7 Å². The molecule has 2 rings (SSSR count). The van der Waals surface area contributed by atoms with Crippen LogP contribution in [0.25, 0.3) is 0 Å². The van der Waals surface area contributed by atoms with Gasteiger partial charge in [0.1, 0.15) is 17.3 Å². The van der Waals surface area contributed by atoms with E-state index in [0.29, 0.717) is 17.0 Å². The number of hydrogen-bond acceptors (Lipinski definition) is 4. The molecule has 1 N–H and O–H groups in total. The van der Waals surface area contributed by atoms with Gasteiger partial charge in [-0.25, -0.2) is 4.39 Å². The molecule has 0 saturated heterocycles. The molecule has 1 amide bonds. The molecular weight excluding hydrogens is 255 g/mol. The number of hydrogen-bond donors (Lipinski definition) is 2. The van der Waals surface area contributed by atoms with Gasteiger partial charge in [-0.15, -0.1) is 12.6 Å². The summed E-state index contributed by atoms with van der Waals surface area (Å²) in [4.78, 5) is 11.9. The Morgan fingerprint density at radius 1 is 1.50 bits per heavy atom. The van der Waals surface area contributed by atoms with Gasteiger partial charge in [-0.1, -0.05) is 5.16 Å². The number of nitrogens with zero attached hydrogens (tertiary/aromatic N) is 1. The first kappa shape index (κ1) is 12.6. The molecule has 0 saturated carbocycles. The average molecular weight is 266 g/mol. The van der Waals surface area contributed by atoms with Gasteiger partial charge in [-0.2, -0.15) is 0 Å². The number of thiol groups is 1. The molecule has 1 aromatic heterocycles. The summed E-state index contributed by atoms with van der Waals surface area (Å²) in [5, 5.41) is 6.41. The Labute approximate surface area is 109 Å². The molecule has 0 unspecified atom stereocenters. The van der Waals surface area contributed by atoms with Crippen molar-refractivity contribution in [3.8, 4) is 0 Å². The van der Waals surface area contributed by atoms with E-state index >= 15 is 0 Å². The van der Waals surface area contributed by atoms with Gasteiger partial charge in [0.15, 0.2) is 0 Å². The van der Waals surface area contributed by atoms with E-state index in [-0.39, 0.29) is 17.3 Å². The number of halogens is 1. The van der Waals surface area contributed by atoms with Gasteiger partial charge in [0, 0.05) is 16.5 Å². The highest BCUT2D eigenvalue weighted by Crippen LogP contribution is 2.14. The summed E-state index contributed by atoms with van der Waals surface area (Å²) in [5.74, 6) is -0.0911. The van der Waals surface area contributed by atoms with Crippen molar-refractivity contribution in [2.45, 2.75) is 18.4 Å². The minimum absolute atomic E-state index is 0.139. The van der Waals surface area contributed by atoms with E-state index in [1.54, 1.807) is 13.0 Å². The van der Waals surface area contributed by atoms with Crippen molar-refractivity contribution < 1.29 is 13.7 Å². The van der Waals surface area contributed by atoms with Crippen LogP contribution in [0.2, 0.25) is 0 Å². The third kappa shape index (κ3) is 2.89. The summed E-state index contributed by atoms with van der Waals surface area (Å²) in [5.41, 5.74) is 0.982. The smallest absolute Gasteiger partial charge is 0.251 e. The first-order valence-electron chi connectivity index (χ1n) is 5.25. The molecule has 0 atom stereocenters. The van der Waals surface area contributed by atoms with Gasteiger partial charge in [-0.3, -0.25) is 4.79 Å². The van der Waals surface area contributed by atoms with Crippen LogP contribution >= 0.6 is 12.6 Å². The highest BCUT2D eigenvalue weighted by molar-refractivity contribution is 7.80. The second-order valence-corrected chi connectivity index (χ2v) is 4.26. The topological polar surface area (TPSA) is 55.1 Å². The Morgan fingerprint density at radius 2 is 2.28 bits per heavy atom. The first-order chi connectivity index (χ1) is 8.56. The van der Waals surface area contributed by atoms with Crippen molar-refractivity contribution in [2.24, 2.45) is 0 Å². The monoisotopic (exact) mass is 266 g/mol. The van der Waals surface area contributed by atoms with Crippen LogP contribution in [-0.2, 0) is 6.54 Å². The molecule has 4 nitrogen and oxygen atoms in total. The summed E-state index contributed by atoms with van der Waals surface area (Å²) < 4.78 is 17.9. The molecule has 0 spiro atoms. The predicted molar refractivity (Wildman–Crippen MR) is 66.1 cm³/mol. The standard InChI is InChI=1S/C12H11FN2O2S/c1-7-4-9(15-17-7)6-14-12(16)8-2-3-10(13)11(18)5-8/h2-5,18H,6H2,1H3,(H,14,16). The maximum absolute atomic E-state index is 13.0. The van der Waals surface area contributed by atoms with E-state index in [0.717, 1.165) is 0 Å². The van der Waals surface area contributed by atoms with Crippen molar-refractivity contribution in [1.29, 1.82) is 0 Å². The Hall–Kier alpha value is -1.82. The summed E-state index contributed by atoms with van der Waals surface area (Å²) in [7, 11) is 0. The molecule has 0 aliphatic heterocycles. The van der Waals surface area contributed by atoms with Crippen molar-refractivity contribution in [3.05, 3.63) is 47.1 Å². The Bertz CT molecular complexity index is 583. The normalized spacial score (nSPS) is 10.4. The van der Waals surface area contributed by atoms with Crippen molar-refractivity contribution >= 4 is 18.5 Å². The van der Waals surface area contributed by atoms with Gasteiger partial charge in [0.05, 0.1) is 6.54 Å². The summed E-state index contributed by atoms with van der Waals surface area (Å²) in [6.45, 7) is 2.03. The lowest BCUT2D eigenvalue weighted by Gasteiger charge is -2.04. The molecule has 0 fully saturated rings. The Kier molecular flexibility index (Phi) is 3.66. The van der Waals surface area contributed by atoms with Crippen molar-refractivity contribution in [1.82, 2.24) is 10.5 Å². The fourth-order valence-corrected chi connectivity index (χ4v) is 1.64. The third-order valence-corrected chi connectivity index (χ3v) is 2.66. The minimum Gasteiger partial charge on any atom is -0.361 e.